The van der Waals surface area contributed by atoms with Crippen molar-refractivity contribution in [3.8, 4) is 0 Å². The molecule has 3 unspecified atom stereocenters. The van der Waals surface area contributed by atoms with Crippen molar-refractivity contribution < 1.29 is 6.17 Å². The average Bonchev–Trinajstić information content (AvgIpc) is 3.02. The van der Waals surface area contributed by atoms with Crippen LogP contribution in [-0.2, 0) is 0 Å². The second-order valence-corrected chi connectivity index (χ2v) is 6.61. The van der Waals surface area contributed by atoms with Crippen LogP contribution in [0, 0.1) is 6.92 Å². The molecule has 3 atom stereocenters. The maximum atomic E-state index is 12.7. The maximum absolute atomic E-state index is 12.7. The molecule has 5 rings (SSSR count). The van der Waals surface area contributed by atoms with E-state index in [-0.39, 0.29) is 18.0 Å². The van der Waals surface area contributed by atoms with Gasteiger partial charge in [-0.2, -0.15) is 0 Å². The fourth-order valence-corrected chi connectivity index (χ4v) is 4.46. The number of nitrogens with zero attached hydrogens (tertiary/aromatic N) is 1. The predicted molar refractivity (Wildman–Crippen MR) is 86.2 cm³/mol. The molecule has 2 aromatic rings. The Morgan fingerprint density at radius 1 is 1.27 bits per heavy atom. The van der Waals surface area contributed by atoms with Gasteiger partial charge in [0.05, 0.1) is 13.5 Å². The molecule has 1 fully saturated rings. The number of rotatable bonds is 0. The lowest BCUT2D eigenvalue weighted by atomic mass is 9.82. The van der Waals surface area contributed by atoms with Gasteiger partial charge in [0.1, 0.15) is 0 Å². The van der Waals surface area contributed by atoms with Crippen LogP contribution in [-0.4, -0.2) is 23.4 Å². The number of carbonyl (C=O) groups is 1. The molecular weight excluding hydrogens is 272 g/mol. The van der Waals surface area contributed by atoms with Gasteiger partial charge in [-0.05, 0) is 42.2 Å². The van der Waals surface area contributed by atoms with Crippen LogP contribution < -0.4 is 5.32 Å². The number of hydrogen-bond donors (Lipinski definition) is 1. The summed E-state index contributed by atoms with van der Waals surface area (Å²) in [5.41, 5.74) is 5.64. The highest BCUT2D eigenvalue weighted by atomic mass is 16.2. The van der Waals surface area contributed by atoms with E-state index in [1.807, 2.05) is 17.0 Å². The van der Waals surface area contributed by atoms with Crippen molar-refractivity contribution in [1.29, 1.82) is 0 Å². The summed E-state index contributed by atoms with van der Waals surface area (Å²) < 4.78 is 7.93. The van der Waals surface area contributed by atoms with Crippen LogP contribution in [0.15, 0.2) is 42.4 Å². The lowest BCUT2D eigenvalue weighted by Gasteiger charge is -2.39. The summed E-state index contributed by atoms with van der Waals surface area (Å²) in [6.45, 7) is 2.90. The molecule has 22 heavy (non-hydrogen) atoms. The summed E-state index contributed by atoms with van der Waals surface area (Å²) in [5.74, 6) is 0.567. The highest BCUT2D eigenvalue weighted by molar-refractivity contribution is 5.99. The zero-order valence-electron chi connectivity index (χ0n) is 13.5. The number of benzene rings is 2. The summed E-state index contributed by atoms with van der Waals surface area (Å²) in [4.78, 5) is 14.7. The van der Waals surface area contributed by atoms with E-state index in [4.69, 9.17) is 1.37 Å². The second kappa shape index (κ2) is 4.13. The number of aryl methyl sites for hydroxylation is 1. The lowest BCUT2D eigenvalue weighted by Crippen LogP contribution is -2.45. The molecule has 0 radical (unpaired) electrons. The van der Waals surface area contributed by atoms with Gasteiger partial charge in [-0.3, -0.25) is 4.79 Å². The Kier molecular flexibility index (Phi) is 2.12. The van der Waals surface area contributed by atoms with Crippen LogP contribution in [0.1, 0.15) is 46.8 Å². The van der Waals surface area contributed by atoms with Gasteiger partial charge in [-0.25, -0.2) is 0 Å². The highest BCUT2D eigenvalue weighted by Crippen LogP contribution is 2.51. The van der Waals surface area contributed by atoms with Gasteiger partial charge in [-0.15, -0.1) is 0 Å². The fraction of sp³-hybridized carbons (Fsp3) is 0.316. The van der Waals surface area contributed by atoms with Crippen LogP contribution >= 0.6 is 0 Å². The molecule has 0 aliphatic carbocycles. The third kappa shape index (κ3) is 1.43. The van der Waals surface area contributed by atoms with Crippen molar-refractivity contribution in [3.63, 3.8) is 0 Å². The van der Waals surface area contributed by atoms with Crippen molar-refractivity contribution in [2.75, 3.05) is 11.9 Å². The molecule has 1 amide bonds. The lowest BCUT2D eigenvalue weighted by molar-refractivity contribution is 0.0638. The van der Waals surface area contributed by atoms with Crippen LogP contribution in [0.3, 0.4) is 0 Å². The normalized spacial score (nSPS) is 28.4. The number of carbonyl (C=O) groups excluding carboxylic acids is 1. The fourth-order valence-electron chi connectivity index (χ4n) is 4.46. The minimum absolute atomic E-state index is 0.0502. The Bertz CT molecular complexity index is 847. The summed E-state index contributed by atoms with van der Waals surface area (Å²) >= 11 is 0. The first kappa shape index (κ1) is 11.3. The van der Waals surface area contributed by atoms with E-state index in [0.29, 0.717) is 12.0 Å². The molecule has 3 heteroatoms. The van der Waals surface area contributed by atoms with Crippen molar-refractivity contribution in [2.24, 2.45) is 0 Å². The average molecular weight is 291 g/mol. The van der Waals surface area contributed by atoms with Crippen molar-refractivity contribution >= 4 is 11.6 Å². The molecule has 3 aliphatic heterocycles. The molecule has 110 valence electrons. The third-order valence-electron chi connectivity index (χ3n) is 5.43. The number of nitrogens with one attached hydrogen (secondary N) is 1. The van der Waals surface area contributed by atoms with E-state index in [1.165, 1.54) is 16.8 Å². The summed E-state index contributed by atoms with van der Waals surface area (Å²) in [7, 11) is 0. The maximum Gasteiger partial charge on any atom is 0.254 e. The van der Waals surface area contributed by atoms with Gasteiger partial charge in [0.15, 0.2) is 0 Å². The minimum Gasteiger partial charge on any atom is -0.379 e. The molecule has 0 bridgehead atoms. The Labute approximate surface area is 131 Å². The topological polar surface area (TPSA) is 32.3 Å². The van der Waals surface area contributed by atoms with Crippen molar-refractivity contribution in [2.45, 2.75) is 31.3 Å². The molecular formula is C19H18N2O. The van der Waals surface area contributed by atoms with Gasteiger partial charge in [0.25, 0.3) is 5.91 Å². The number of piperidine rings is 1. The number of hydrogen-bond acceptors (Lipinski definition) is 2. The first-order valence-corrected chi connectivity index (χ1v) is 7.92. The zero-order chi connectivity index (χ0) is 15.7. The largest absolute Gasteiger partial charge is 0.379 e. The Morgan fingerprint density at radius 3 is 3.09 bits per heavy atom. The van der Waals surface area contributed by atoms with E-state index in [1.54, 1.807) is 6.07 Å². The summed E-state index contributed by atoms with van der Waals surface area (Å²) in [6.07, 6.45) is 0.998. The quantitative estimate of drug-likeness (QED) is 0.806. The van der Waals surface area contributed by atoms with E-state index in [2.05, 4.69) is 30.4 Å². The van der Waals surface area contributed by atoms with Gasteiger partial charge in [-0.1, -0.05) is 30.3 Å². The Hall–Kier alpha value is -2.29. The number of fused-ring (bicyclic) bond motifs is 7. The molecule has 0 saturated carbocycles. The van der Waals surface area contributed by atoms with Crippen LogP contribution in [0.4, 0.5) is 5.69 Å². The van der Waals surface area contributed by atoms with Crippen molar-refractivity contribution in [1.82, 2.24) is 4.90 Å². The van der Waals surface area contributed by atoms with Gasteiger partial charge >= 0.3 is 0 Å². The first-order chi connectivity index (χ1) is 11.1. The molecule has 1 saturated heterocycles. The molecule has 0 aromatic heterocycles. The third-order valence-corrected chi connectivity index (χ3v) is 5.43. The van der Waals surface area contributed by atoms with Crippen LogP contribution in [0.25, 0.3) is 0 Å². The SMILES string of the molecule is [2H]c1ccc2c(c1)C1C3Nc4cc(C)ccc4C3CCN1C2=O. The Balaban J connectivity index is 1.63. The smallest absolute Gasteiger partial charge is 0.254 e. The summed E-state index contributed by atoms with van der Waals surface area (Å²) in [6, 6.07) is 12.8. The van der Waals surface area contributed by atoms with Crippen LogP contribution in [0.5, 0.6) is 0 Å². The minimum atomic E-state index is 0.0502. The molecule has 2 aromatic carbocycles. The Morgan fingerprint density at radius 2 is 2.18 bits per heavy atom. The number of amides is 1. The van der Waals surface area contributed by atoms with E-state index in [9.17, 15) is 4.79 Å². The van der Waals surface area contributed by atoms with E-state index >= 15 is 0 Å². The molecule has 3 heterocycles. The number of anilines is 1. The molecule has 0 spiro atoms. The molecule has 3 nitrogen and oxygen atoms in total. The van der Waals surface area contributed by atoms with Crippen LogP contribution in [0.2, 0.25) is 0 Å². The van der Waals surface area contributed by atoms with E-state index in [0.717, 1.165) is 24.1 Å². The predicted octanol–water partition coefficient (Wildman–Crippen LogP) is 3.47. The van der Waals surface area contributed by atoms with E-state index < -0.39 is 0 Å². The van der Waals surface area contributed by atoms with Gasteiger partial charge in [0, 0.05) is 23.7 Å². The highest BCUT2D eigenvalue weighted by Gasteiger charge is 2.49. The van der Waals surface area contributed by atoms with Gasteiger partial charge in [0.2, 0.25) is 0 Å². The second-order valence-electron chi connectivity index (χ2n) is 6.61. The molecule has 1 N–H and O–H groups in total. The first-order valence-electron chi connectivity index (χ1n) is 8.42. The van der Waals surface area contributed by atoms with Crippen molar-refractivity contribution in [3.05, 3.63) is 64.7 Å². The standard InChI is InChI=1S/C19H18N2O/c1-11-6-7-12-13-8-9-21-18(17(13)20-16(12)10-11)14-4-2-3-5-15(14)19(21)22/h2-7,10,13,17-18,20H,8-9H2,1H3/i2D. The summed E-state index contributed by atoms with van der Waals surface area (Å²) in [5, 5.41) is 3.67. The van der Waals surface area contributed by atoms with Gasteiger partial charge < -0.3 is 10.2 Å². The molecule has 3 aliphatic rings. The monoisotopic (exact) mass is 291 g/mol. The zero-order valence-corrected chi connectivity index (χ0v) is 12.5.